The zero-order valence-electron chi connectivity index (χ0n) is 15.2. The maximum atomic E-state index is 14.3. The van der Waals surface area contributed by atoms with Crippen LogP contribution in [0.1, 0.15) is 30.1 Å². The third-order valence-electron chi connectivity index (χ3n) is 3.94. The molecule has 6 nitrogen and oxygen atoms in total. The third-order valence-corrected chi connectivity index (χ3v) is 3.94. The molecule has 0 aliphatic rings. The predicted molar refractivity (Wildman–Crippen MR) is 98.5 cm³/mol. The second-order valence-corrected chi connectivity index (χ2v) is 5.85. The zero-order valence-corrected chi connectivity index (χ0v) is 15.2. The van der Waals surface area contributed by atoms with E-state index in [0.29, 0.717) is 17.9 Å². The third kappa shape index (κ3) is 4.13. The molecule has 0 N–H and O–H groups in total. The van der Waals surface area contributed by atoms with Gasteiger partial charge < -0.3 is 9.47 Å². The Morgan fingerprint density at radius 1 is 1.19 bits per heavy atom. The Bertz CT molecular complexity index is 940. The number of carbonyl (C=O) groups excluding carboxylic acids is 1. The molecule has 0 saturated carbocycles. The minimum Gasteiger partial charge on any atom is -0.497 e. The van der Waals surface area contributed by atoms with E-state index in [9.17, 15) is 9.18 Å². The number of hydrogen-bond donors (Lipinski definition) is 0. The molecule has 0 aliphatic carbocycles. The van der Waals surface area contributed by atoms with Gasteiger partial charge in [-0.15, -0.1) is 5.10 Å². The van der Waals surface area contributed by atoms with Crippen LogP contribution in [0.15, 0.2) is 48.5 Å². The van der Waals surface area contributed by atoms with Crippen LogP contribution in [-0.4, -0.2) is 34.4 Å². The van der Waals surface area contributed by atoms with Crippen LogP contribution in [0.3, 0.4) is 0 Å². The molecule has 7 heteroatoms. The number of ether oxygens (including phenoxy) is 2. The molecule has 1 aromatic heterocycles. The van der Waals surface area contributed by atoms with E-state index >= 15 is 0 Å². The minimum atomic E-state index is -0.496. The molecule has 0 atom stereocenters. The SMILES string of the molecule is CCCCOc1nc(-c2ccccc2F)n(C(=O)c2cccc(OC)c2)n1. The van der Waals surface area contributed by atoms with Gasteiger partial charge in [0.05, 0.1) is 19.3 Å². The van der Waals surface area contributed by atoms with Crippen LogP contribution < -0.4 is 9.47 Å². The highest BCUT2D eigenvalue weighted by Gasteiger charge is 2.22. The number of aromatic nitrogens is 3. The van der Waals surface area contributed by atoms with Crippen molar-refractivity contribution < 1.29 is 18.7 Å². The van der Waals surface area contributed by atoms with E-state index in [0.717, 1.165) is 17.5 Å². The second kappa shape index (κ2) is 8.44. The number of halogens is 1. The Balaban J connectivity index is 2.03. The van der Waals surface area contributed by atoms with Gasteiger partial charge in [0.25, 0.3) is 5.91 Å². The van der Waals surface area contributed by atoms with E-state index < -0.39 is 11.7 Å². The van der Waals surface area contributed by atoms with Gasteiger partial charge in [-0.2, -0.15) is 9.67 Å². The largest absolute Gasteiger partial charge is 0.497 e. The fourth-order valence-corrected chi connectivity index (χ4v) is 2.50. The number of carbonyl (C=O) groups is 1. The number of unbranched alkanes of at least 4 members (excludes halogenated alkanes) is 1. The van der Waals surface area contributed by atoms with Gasteiger partial charge in [0.1, 0.15) is 11.6 Å². The summed E-state index contributed by atoms with van der Waals surface area (Å²) in [5.41, 5.74) is 0.517. The molecular weight excluding hydrogens is 349 g/mol. The number of hydrogen-bond acceptors (Lipinski definition) is 5. The molecule has 0 spiro atoms. The lowest BCUT2D eigenvalue weighted by Gasteiger charge is -2.06. The number of nitrogens with zero attached hydrogens (tertiary/aromatic N) is 3. The predicted octanol–water partition coefficient (Wildman–Crippen LogP) is 3.96. The summed E-state index contributed by atoms with van der Waals surface area (Å²) in [6.45, 7) is 2.46. The summed E-state index contributed by atoms with van der Waals surface area (Å²) in [7, 11) is 1.52. The average molecular weight is 369 g/mol. The van der Waals surface area contributed by atoms with Crippen molar-refractivity contribution in [2.75, 3.05) is 13.7 Å². The van der Waals surface area contributed by atoms with Crippen LogP contribution >= 0.6 is 0 Å². The Kier molecular flexibility index (Phi) is 5.80. The van der Waals surface area contributed by atoms with Gasteiger partial charge in [0.15, 0.2) is 5.82 Å². The van der Waals surface area contributed by atoms with Crippen LogP contribution in [0.25, 0.3) is 11.4 Å². The molecule has 3 rings (SSSR count). The molecule has 0 fully saturated rings. The summed E-state index contributed by atoms with van der Waals surface area (Å²) in [6, 6.07) is 12.8. The fourth-order valence-electron chi connectivity index (χ4n) is 2.50. The fraction of sp³-hybridized carbons (Fsp3) is 0.250. The molecule has 0 bridgehead atoms. The highest BCUT2D eigenvalue weighted by molar-refractivity contribution is 5.97. The molecule has 0 aliphatic heterocycles. The zero-order chi connectivity index (χ0) is 19.2. The Morgan fingerprint density at radius 3 is 2.74 bits per heavy atom. The first-order chi connectivity index (χ1) is 13.1. The molecule has 0 unspecified atom stereocenters. The van der Waals surface area contributed by atoms with Gasteiger partial charge in [-0.25, -0.2) is 4.39 Å². The summed E-state index contributed by atoms with van der Waals surface area (Å²) in [5.74, 6) is -0.324. The smallest absolute Gasteiger partial charge is 0.336 e. The summed E-state index contributed by atoms with van der Waals surface area (Å²) in [6.07, 6.45) is 1.77. The van der Waals surface area contributed by atoms with Gasteiger partial charge in [-0.05, 0) is 36.8 Å². The summed E-state index contributed by atoms with van der Waals surface area (Å²) in [4.78, 5) is 17.2. The molecule has 0 saturated heterocycles. The first-order valence-electron chi connectivity index (χ1n) is 8.67. The van der Waals surface area contributed by atoms with Crippen molar-refractivity contribution in [1.82, 2.24) is 14.8 Å². The van der Waals surface area contributed by atoms with Gasteiger partial charge in [0.2, 0.25) is 0 Å². The summed E-state index contributed by atoms with van der Waals surface area (Å²) < 4.78 is 26.0. The molecule has 1 heterocycles. The highest BCUT2D eigenvalue weighted by atomic mass is 19.1. The standard InChI is InChI=1S/C20H20FN3O3/c1-3-4-12-27-20-22-18(16-10-5-6-11-17(16)21)24(23-20)19(25)14-8-7-9-15(13-14)26-2/h5-11,13H,3-4,12H2,1-2H3. The van der Waals surface area contributed by atoms with Crippen molar-refractivity contribution >= 4 is 5.91 Å². The second-order valence-electron chi connectivity index (χ2n) is 5.85. The van der Waals surface area contributed by atoms with Crippen molar-refractivity contribution in [3.8, 4) is 23.1 Å². The van der Waals surface area contributed by atoms with Crippen LogP contribution in [0.2, 0.25) is 0 Å². The molecule has 0 amide bonds. The topological polar surface area (TPSA) is 66.2 Å². The Hall–Kier alpha value is -3.22. The van der Waals surface area contributed by atoms with Crippen molar-refractivity contribution in [1.29, 1.82) is 0 Å². The van der Waals surface area contributed by atoms with E-state index in [1.807, 2.05) is 6.92 Å². The molecule has 2 aromatic carbocycles. The normalized spacial score (nSPS) is 10.6. The Labute approximate surface area is 156 Å². The lowest BCUT2D eigenvalue weighted by Crippen LogP contribution is -2.15. The van der Waals surface area contributed by atoms with Crippen LogP contribution in [0.5, 0.6) is 11.8 Å². The number of methoxy groups -OCH3 is 1. The van der Waals surface area contributed by atoms with E-state index in [4.69, 9.17) is 9.47 Å². The van der Waals surface area contributed by atoms with Crippen LogP contribution in [0, 0.1) is 5.82 Å². The molecule has 140 valence electrons. The van der Waals surface area contributed by atoms with Crippen LogP contribution in [0.4, 0.5) is 4.39 Å². The lowest BCUT2D eigenvalue weighted by molar-refractivity contribution is 0.0944. The maximum Gasteiger partial charge on any atom is 0.336 e. The van der Waals surface area contributed by atoms with E-state index in [1.54, 1.807) is 42.5 Å². The number of rotatable bonds is 7. The molecule has 0 radical (unpaired) electrons. The molecular formula is C20H20FN3O3. The van der Waals surface area contributed by atoms with E-state index in [-0.39, 0.29) is 17.4 Å². The Morgan fingerprint density at radius 2 is 2.00 bits per heavy atom. The summed E-state index contributed by atoms with van der Waals surface area (Å²) in [5, 5.41) is 4.16. The quantitative estimate of drug-likeness (QED) is 0.590. The summed E-state index contributed by atoms with van der Waals surface area (Å²) >= 11 is 0. The van der Waals surface area contributed by atoms with Crippen molar-refractivity contribution in [2.24, 2.45) is 0 Å². The van der Waals surface area contributed by atoms with Gasteiger partial charge >= 0.3 is 6.01 Å². The van der Waals surface area contributed by atoms with Gasteiger partial charge in [0, 0.05) is 5.56 Å². The average Bonchev–Trinajstić information content (AvgIpc) is 3.12. The number of benzene rings is 2. The highest BCUT2D eigenvalue weighted by Crippen LogP contribution is 2.24. The van der Waals surface area contributed by atoms with E-state index in [1.165, 1.54) is 13.2 Å². The monoisotopic (exact) mass is 369 g/mol. The first-order valence-corrected chi connectivity index (χ1v) is 8.67. The maximum absolute atomic E-state index is 14.3. The van der Waals surface area contributed by atoms with Crippen LogP contribution in [-0.2, 0) is 0 Å². The van der Waals surface area contributed by atoms with Gasteiger partial charge in [-0.1, -0.05) is 31.5 Å². The molecule has 27 heavy (non-hydrogen) atoms. The minimum absolute atomic E-state index is 0.0398. The van der Waals surface area contributed by atoms with Crippen molar-refractivity contribution in [2.45, 2.75) is 19.8 Å². The first kappa shape index (κ1) is 18.6. The van der Waals surface area contributed by atoms with E-state index in [2.05, 4.69) is 10.1 Å². The van der Waals surface area contributed by atoms with Crippen molar-refractivity contribution in [3.05, 3.63) is 59.9 Å². The lowest BCUT2D eigenvalue weighted by atomic mass is 10.1. The van der Waals surface area contributed by atoms with Crippen molar-refractivity contribution in [3.63, 3.8) is 0 Å². The molecule has 3 aromatic rings. The van der Waals surface area contributed by atoms with Gasteiger partial charge in [-0.3, -0.25) is 4.79 Å².